The number of amides is 1. The van der Waals surface area contributed by atoms with E-state index in [-0.39, 0.29) is 31.3 Å². The number of hydrogen-bond donors (Lipinski definition) is 0. The van der Waals surface area contributed by atoms with Crippen molar-refractivity contribution >= 4 is 17.8 Å². The first kappa shape index (κ1) is 17.0. The average molecular weight is 319 g/mol. The van der Waals surface area contributed by atoms with Crippen molar-refractivity contribution in [1.29, 1.82) is 0 Å². The van der Waals surface area contributed by atoms with Gasteiger partial charge in [-0.1, -0.05) is 30.3 Å². The van der Waals surface area contributed by atoms with Crippen LogP contribution in [0.2, 0.25) is 0 Å². The molecule has 2 atom stereocenters. The average Bonchev–Trinajstić information content (AvgIpc) is 2.76. The number of rotatable bonds is 7. The maximum absolute atomic E-state index is 12.0. The minimum atomic E-state index is -0.547. The van der Waals surface area contributed by atoms with Gasteiger partial charge in [0.05, 0.1) is 12.6 Å². The fourth-order valence-electron chi connectivity index (χ4n) is 2.65. The van der Waals surface area contributed by atoms with Crippen LogP contribution < -0.4 is 0 Å². The molecule has 0 N–H and O–H groups in total. The smallest absolute Gasteiger partial charge is 0.410 e. The number of ketones is 1. The summed E-state index contributed by atoms with van der Waals surface area (Å²) < 4.78 is 10.0. The third kappa shape index (κ3) is 4.55. The lowest BCUT2D eigenvalue weighted by Crippen LogP contribution is -2.36. The van der Waals surface area contributed by atoms with Crippen LogP contribution in [-0.2, 0) is 25.5 Å². The summed E-state index contributed by atoms with van der Waals surface area (Å²) in [7, 11) is 1.66. The number of Topliss-reactive ketones (excluding diaryl/α,β-unsaturated/α-hetero) is 1. The lowest BCUT2D eigenvalue weighted by Gasteiger charge is -2.21. The molecule has 1 aromatic rings. The van der Waals surface area contributed by atoms with Gasteiger partial charge < -0.3 is 14.4 Å². The molecule has 6 nitrogen and oxygen atoms in total. The van der Waals surface area contributed by atoms with Crippen molar-refractivity contribution in [2.24, 2.45) is 0 Å². The van der Waals surface area contributed by atoms with Gasteiger partial charge in [-0.2, -0.15) is 0 Å². The van der Waals surface area contributed by atoms with E-state index < -0.39 is 18.2 Å². The van der Waals surface area contributed by atoms with Crippen LogP contribution in [0.5, 0.6) is 0 Å². The molecule has 0 aromatic heterocycles. The standard InChI is InChI=1S/C17H21NO5/c1-3-22-16(20)11-13(19)10-15-14(18(2)17(21)23-15)9-12-7-5-4-6-8-12/h4-8,14-15H,3,9-11H2,1-2H3/t14-,15+/m1/s1. The van der Waals surface area contributed by atoms with E-state index in [4.69, 9.17) is 9.47 Å². The zero-order chi connectivity index (χ0) is 16.8. The monoisotopic (exact) mass is 319 g/mol. The van der Waals surface area contributed by atoms with Crippen LogP contribution in [0.1, 0.15) is 25.3 Å². The minimum absolute atomic E-state index is 0.0202. The Morgan fingerprint density at radius 2 is 1.96 bits per heavy atom. The normalized spacial score (nSPS) is 20.3. The molecular weight excluding hydrogens is 298 g/mol. The van der Waals surface area contributed by atoms with Crippen molar-refractivity contribution in [2.45, 2.75) is 38.3 Å². The van der Waals surface area contributed by atoms with E-state index >= 15 is 0 Å². The molecule has 23 heavy (non-hydrogen) atoms. The second-order valence-corrected chi connectivity index (χ2v) is 5.51. The number of ether oxygens (including phenoxy) is 2. The van der Waals surface area contributed by atoms with Gasteiger partial charge in [0.15, 0.2) is 0 Å². The quantitative estimate of drug-likeness (QED) is 0.567. The molecular formula is C17H21NO5. The third-order valence-electron chi connectivity index (χ3n) is 3.83. The predicted octanol–water partition coefficient (Wildman–Crippen LogP) is 1.96. The highest BCUT2D eigenvalue weighted by Crippen LogP contribution is 2.24. The maximum Gasteiger partial charge on any atom is 0.410 e. The zero-order valence-electron chi connectivity index (χ0n) is 13.4. The Kier molecular flexibility index (Phi) is 5.73. The van der Waals surface area contributed by atoms with Gasteiger partial charge >= 0.3 is 12.1 Å². The Morgan fingerprint density at radius 3 is 2.61 bits per heavy atom. The van der Waals surface area contributed by atoms with Crippen LogP contribution in [-0.4, -0.2) is 48.5 Å². The largest absolute Gasteiger partial charge is 0.466 e. The zero-order valence-corrected chi connectivity index (χ0v) is 13.4. The van der Waals surface area contributed by atoms with Crippen LogP contribution in [0.15, 0.2) is 30.3 Å². The van der Waals surface area contributed by atoms with Gasteiger partial charge in [-0.05, 0) is 18.9 Å². The molecule has 1 fully saturated rings. The van der Waals surface area contributed by atoms with Crippen LogP contribution in [0.25, 0.3) is 0 Å². The number of benzene rings is 1. The summed E-state index contributed by atoms with van der Waals surface area (Å²) in [4.78, 5) is 36.7. The van der Waals surface area contributed by atoms with Gasteiger partial charge in [0, 0.05) is 13.5 Å². The van der Waals surface area contributed by atoms with E-state index in [0.717, 1.165) is 5.56 Å². The molecule has 0 radical (unpaired) electrons. The van der Waals surface area contributed by atoms with Crippen LogP contribution in [0.4, 0.5) is 4.79 Å². The van der Waals surface area contributed by atoms with Crippen molar-refractivity contribution in [1.82, 2.24) is 4.90 Å². The number of carbonyl (C=O) groups is 3. The van der Waals surface area contributed by atoms with E-state index in [9.17, 15) is 14.4 Å². The minimum Gasteiger partial charge on any atom is -0.466 e. The first-order valence-electron chi connectivity index (χ1n) is 7.66. The second kappa shape index (κ2) is 7.76. The summed E-state index contributed by atoms with van der Waals surface area (Å²) in [5.41, 5.74) is 1.06. The molecule has 6 heteroatoms. The molecule has 0 aliphatic carbocycles. The Balaban J connectivity index is 1.99. The molecule has 1 aliphatic heterocycles. The van der Waals surface area contributed by atoms with Crippen molar-refractivity contribution < 1.29 is 23.9 Å². The molecule has 0 bridgehead atoms. The molecule has 0 spiro atoms. The Hall–Kier alpha value is -2.37. The van der Waals surface area contributed by atoms with Crippen LogP contribution in [0, 0.1) is 0 Å². The van der Waals surface area contributed by atoms with E-state index in [1.54, 1.807) is 14.0 Å². The number of carbonyl (C=O) groups excluding carboxylic acids is 3. The molecule has 1 aromatic carbocycles. The number of hydrogen-bond acceptors (Lipinski definition) is 5. The lowest BCUT2D eigenvalue weighted by atomic mass is 9.97. The van der Waals surface area contributed by atoms with Gasteiger partial charge in [-0.15, -0.1) is 0 Å². The van der Waals surface area contributed by atoms with Gasteiger partial charge in [0.2, 0.25) is 0 Å². The summed E-state index contributed by atoms with van der Waals surface area (Å²) in [6, 6.07) is 9.48. The molecule has 0 saturated carbocycles. The SMILES string of the molecule is CCOC(=O)CC(=O)C[C@@H]1OC(=O)N(C)[C@@H]1Cc1ccccc1. The summed E-state index contributed by atoms with van der Waals surface area (Å²) in [6.45, 7) is 1.93. The van der Waals surface area contributed by atoms with Crippen molar-refractivity contribution in [3.05, 3.63) is 35.9 Å². The van der Waals surface area contributed by atoms with E-state index in [1.807, 2.05) is 30.3 Å². The van der Waals surface area contributed by atoms with Crippen molar-refractivity contribution in [3.63, 3.8) is 0 Å². The fourth-order valence-corrected chi connectivity index (χ4v) is 2.65. The van der Waals surface area contributed by atoms with Crippen LogP contribution in [0.3, 0.4) is 0 Å². The highest BCUT2D eigenvalue weighted by molar-refractivity contribution is 5.96. The van der Waals surface area contributed by atoms with Gasteiger partial charge in [-0.3, -0.25) is 9.59 Å². The Morgan fingerprint density at radius 1 is 1.26 bits per heavy atom. The van der Waals surface area contributed by atoms with E-state index in [1.165, 1.54) is 4.90 Å². The summed E-state index contributed by atoms with van der Waals surface area (Å²) in [6.07, 6.45) is -0.661. The summed E-state index contributed by atoms with van der Waals surface area (Å²) in [5.74, 6) is -0.829. The Bertz CT molecular complexity index is 572. The maximum atomic E-state index is 12.0. The third-order valence-corrected chi connectivity index (χ3v) is 3.83. The molecule has 0 unspecified atom stereocenters. The topological polar surface area (TPSA) is 72.9 Å². The second-order valence-electron chi connectivity index (χ2n) is 5.51. The molecule has 1 amide bonds. The summed E-state index contributed by atoms with van der Waals surface area (Å²) >= 11 is 0. The lowest BCUT2D eigenvalue weighted by molar-refractivity contribution is -0.145. The summed E-state index contributed by atoms with van der Waals surface area (Å²) in [5, 5.41) is 0. The highest BCUT2D eigenvalue weighted by atomic mass is 16.6. The van der Waals surface area contributed by atoms with Crippen molar-refractivity contribution in [2.75, 3.05) is 13.7 Å². The van der Waals surface area contributed by atoms with E-state index in [2.05, 4.69) is 0 Å². The number of cyclic esters (lactones) is 1. The van der Waals surface area contributed by atoms with Crippen LogP contribution >= 0.6 is 0 Å². The fraction of sp³-hybridized carbons (Fsp3) is 0.471. The molecule has 1 aliphatic rings. The number of esters is 1. The number of nitrogens with zero attached hydrogens (tertiary/aromatic N) is 1. The predicted molar refractivity (Wildman–Crippen MR) is 82.8 cm³/mol. The first-order chi connectivity index (χ1) is 11.0. The van der Waals surface area contributed by atoms with E-state index in [0.29, 0.717) is 6.42 Å². The van der Waals surface area contributed by atoms with Gasteiger partial charge in [0.25, 0.3) is 0 Å². The van der Waals surface area contributed by atoms with Gasteiger partial charge in [-0.25, -0.2) is 4.79 Å². The highest BCUT2D eigenvalue weighted by Gasteiger charge is 2.40. The molecule has 1 heterocycles. The first-order valence-corrected chi connectivity index (χ1v) is 7.66. The Labute approximate surface area is 135 Å². The van der Waals surface area contributed by atoms with Gasteiger partial charge in [0.1, 0.15) is 18.3 Å². The molecule has 1 saturated heterocycles. The number of likely N-dealkylation sites (N-methyl/N-ethyl adjacent to an activating group) is 1. The van der Waals surface area contributed by atoms with Crippen molar-refractivity contribution in [3.8, 4) is 0 Å². The molecule has 2 rings (SSSR count). The molecule has 124 valence electrons.